The molecular weight excluding hydrogens is 260 g/mol. The number of esters is 1. The van der Waals surface area contributed by atoms with E-state index < -0.39 is 23.8 Å². The zero-order chi connectivity index (χ0) is 14.7. The highest BCUT2D eigenvalue weighted by Gasteiger charge is 2.46. The summed E-state index contributed by atoms with van der Waals surface area (Å²) in [7, 11) is 0. The summed E-state index contributed by atoms with van der Waals surface area (Å²) >= 11 is 0. The van der Waals surface area contributed by atoms with Crippen LogP contribution in [-0.4, -0.2) is 27.9 Å². The topological polar surface area (TPSA) is 76.0 Å². The highest BCUT2D eigenvalue weighted by atomic mass is 16.6. The van der Waals surface area contributed by atoms with Gasteiger partial charge in [-0.15, -0.1) is 0 Å². The predicted molar refractivity (Wildman–Crippen MR) is 70.6 cm³/mol. The molecule has 1 aromatic rings. The second kappa shape index (κ2) is 4.20. The third kappa shape index (κ3) is 1.73. The van der Waals surface area contributed by atoms with E-state index >= 15 is 0 Å². The van der Waals surface area contributed by atoms with Gasteiger partial charge in [-0.05, 0) is 20.3 Å². The Hall–Kier alpha value is -1.59. The second-order valence-corrected chi connectivity index (χ2v) is 5.89. The van der Waals surface area contributed by atoms with Crippen LogP contribution in [0.25, 0.3) is 0 Å². The van der Waals surface area contributed by atoms with Gasteiger partial charge in [0.1, 0.15) is 23.5 Å². The number of cyclic esters (lactones) is 1. The van der Waals surface area contributed by atoms with Crippen molar-refractivity contribution in [3.05, 3.63) is 28.8 Å². The largest absolute Gasteiger partial charge is 0.483 e. The van der Waals surface area contributed by atoms with Gasteiger partial charge in [0, 0.05) is 11.1 Å². The summed E-state index contributed by atoms with van der Waals surface area (Å²) in [5, 5.41) is 20.4. The third-order valence-corrected chi connectivity index (χ3v) is 3.94. The summed E-state index contributed by atoms with van der Waals surface area (Å²) in [6.07, 6.45) is -1.32. The van der Waals surface area contributed by atoms with Crippen LogP contribution in [0.1, 0.15) is 60.9 Å². The van der Waals surface area contributed by atoms with Crippen LogP contribution in [0.2, 0.25) is 0 Å². The summed E-state index contributed by atoms with van der Waals surface area (Å²) < 4.78 is 11.0. The molecule has 0 fully saturated rings. The zero-order valence-corrected chi connectivity index (χ0v) is 11.7. The molecule has 0 amide bonds. The van der Waals surface area contributed by atoms with Crippen molar-refractivity contribution < 1.29 is 24.5 Å². The molecule has 2 aliphatic heterocycles. The lowest BCUT2D eigenvalue weighted by Crippen LogP contribution is -2.41. The molecule has 0 aliphatic carbocycles. The van der Waals surface area contributed by atoms with Crippen molar-refractivity contribution in [1.29, 1.82) is 0 Å². The molecule has 3 atom stereocenters. The predicted octanol–water partition coefficient (Wildman–Crippen LogP) is 1.87. The SMILES string of the molecule is CC[C@H]1OC(=O)c2c1ccc1c2O[C@@H](C(C)(C)O)[C@H]1O. The van der Waals surface area contributed by atoms with E-state index in [0.717, 1.165) is 5.56 Å². The van der Waals surface area contributed by atoms with Gasteiger partial charge in [-0.25, -0.2) is 4.79 Å². The Morgan fingerprint density at radius 2 is 1.90 bits per heavy atom. The summed E-state index contributed by atoms with van der Waals surface area (Å²) in [6, 6.07) is 3.54. The smallest absolute Gasteiger partial charge is 0.342 e. The lowest BCUT2D eigenvalue weighted by Gasteiger charge is -2.27. The molecule has 3 rings (SSSR count). The average Bonchev–Trinajstić information content (AvgIpc) is 2.87. The molecule has 0 radical (unpaired) electrons. The van der Waals surface area contributed by atoms with Crippen LogP contribution in [-0.2, 0) is 4.74 Å². The van der Waals surface area contributed by atoms with Crippen molar-refractivity contribution in [2.24, 2.45) is 0 Å². The normalized spacial score (nSPS) is 27.9. The van der Waals surface area contributed by atoms with Crippen molar-refractivity contribution >= 4 is 5.97 Å². The average molecular weight is 278 g/mol. The Morgan fingerprint density at radius 1 is 1.25 bits per heavy atom. The number of ether oxygens (including phenoxy) is 2. The van der Waals surface area contributed by atoms with Gasteiger partial charge < -0.3 is 19.7 Å². The molecule has 1 aromatic carbocycles. The van der Waals surface area contributed by atoms with E-state index in [2.05, 4.69) is 0 Å². The fourth-order valence-electron chi connectivity index (χ4n) is 2.89. The van der Waals surface area contributed by atoms with Gasteiger partial charge in [0.05, 0.1) is 5.60 Å². The highest BCUT2D eigenvalue weighted by molar-refractivity contribution is 5.97. The van der Waals surface area contributed by atoms with E-state index in [-0.39, 0.29) is 6.10 Å². The zero-order valence-electron chi connectivity index (χ0n) is 11.7. The molecule has 108 valence electrons. The molecule has 0 saturated carbocycles. The highest BCUT2D eigenvalue weighted by Crippen LogP contribution is 2.48. The number of hydrogen-bond acceptors (Lipinski definition) is 5. The van der Waals surface area contributed by atoms with E-state index in [1.54, 1.807) is 26.0 Å². The number of rotatable bonds is 2. The Morgan fingerprint density at radius 3 is 2.50 bits per heavy atom. The molecule has 5 nitrogen and oxygen atoms in total. The quantitative estimate of drug-likeness (QED) is 0.808. The fraction of sp³-hybridized carbons (Fsp3) is 0.533. The molecule has 0 unspecified atom stereocenters. The van der Waals surface area contributed by atoms with Gasteiger partial charge in [-0.1, -0.05) is 19.1 Å². The van der Waals surface area contributed by atoms with Crippen LogP contribution in [0, 0.1) is 0 Å². The molecule has 2 heterocycles. The van der Waals surface area contributed by atoms with E-state index in [1.165, 1.54) is 0 Å². The molecule has 0 saturated heterocycles. The molecule has 0 bridgehead atoms. The molecular formula is C15H18O5. The summed E-state index contributed by atoms with van der Waals surface area (Å²) in [6.45, 7) is 5.08. The standard InChI is InChI=1S/C15H18O5/c1-4-9-7-5-6-8-11(16)13(15(2,3)18)20-12(8)10(7)14(17)19-9/h5-6,9,11,13,16,18H,4H2,1-3H3/t9-,11+,13-/m1/s1. The summed E-state index contributed by atoms with van der Waals surface area (Å²) in [4.78, 5) is 12.0. The Balaban J connectivity index is 2.10. The van der Waals surface area contributed by atoms with Crippen molar-refractivity contribution in [1.82, 2.24) is 0 Å². The Labute approximate surface area is 117 Å². The fourth-order valence-corrected chi connectivity index (χ4v) is 2.89. The van der Waals surface area contributed by atoms with Crippen LogP contribution in [0.3, 0.4) is 0 Å². The minimum absolute atomic E-state index is 0.260. The van der Waals surface area contributed by atoms with Crippen molar-refractivity contribution in [3.8, 4) is 5.75 Å². The van der Waals surface area contributed by atoms with Crippen molar-refractivity contribution in [2.75, 3.05) is 0 Å². The van der Waals surface area contributed by atoms with Gasteiger partial charge in [-0.3, -0.25) is 0 Å². The van der Waals surface area contributed by atoms with Crippen molar-refractivity contribution in [3.63, 3.8) is 0 Å². The van der Waals surface area contributed by atoms with Crippen LogP contribution >= 0.6 is 0 Å². The molecule has 0 spiro atoms. The van der Waals surface area contributed by atoms with Crippen LogP contribution in [0.4, 0.5) is 0 Å². The number of aliphatic hydroxyl groups is 2. The van der Waals surface area contributed by atoms with Crippen LogP contribution < -0.4 is 4.74 Å². The summed E-state index contributed by atoms with van der Waals surface area (Å²) in [5.74, 6) is -0.0737. The molecule has 20 heavy (non-hydrogen) atoms. The third-order valence-electron chi connectivity index (χ3n) is 3.94. The number of benzene rings is 1. The first-order valence-electron chi connectivity index (χ1n) is 6.79. The lowest BCUT2D eigenvalue weighted by molar-refractivity contribution is -0.0764. The van der Waals surface area contributed by atoms with E-state index in [4.69, 9.17) is 9.47 Å². The molecule has 0 aromatic heterocycles. The van der Waals surface area contributed by atoms with E-state index in [0.29, 0.717) is 23.3 Å². The van der Waals surface area contributed by atoms with Crippen molar-refractivity contribution in [2.45, 2.75) is 51.1 Å². The minimum Gasteiger partial charge on any atom is -0.483 e. The lowest BCUT2D eigenvalue weighted by atomic mass is 9.93. The van der Waals surface area contributed by atoms with Gasteiger partial charge in [0.2, 0.25) is 0 Å². The first-order valence-corrected chi connectivity index (χ1v) is 6.79. The van der Waals surface area contributed by atoms with Gasteiger partial charge in [0.25, 0.3) is 0 Å². The van der Waals surface area contributed by atoms with Gasteiger partial charge in [-0.2, -0.15) is 0 Å². The van der Waals surface area contributed by atoms with E-state index in [1.807, 2.05) is 6.92 Å². The molecule has 2 aliphatic rings. The maximum Gasteiger partial charge on any atom is 0.342 e. The maximum atomic E-state index is 12.0. The number of aliphatic hydroxyl groups excluding tert-OH is 1. The first-order chi connectivity index (χ1) is 9.34. The number of hydrogen-bond donors (Lipinski definition) is 2. The van der Waals surface area contributed by atoms with Crippen LogP contribution in [0.15, 0.2) is 12.1 Å². The monoisotopic (exact) mass is 278 g/mol. The molecule has 2 N–H and O–H groups in total. The van der Waals surface area contributed by atoms with Crippen LogP contribution in [0.5, 0.6) is 5.75 Å². The van der Waals surface area contributed by atoms with E-state index in [9.17, 15) is 15.0 Å². The Kier molecular flexibility index (Phi) is 2.81. The minimum atomic E-state index is -1.21. The summed E-state index contributed by atoms with van der Waals surface area (Å²) in [5.41, 5.74) is 0.502. The Bertz CT molecular complexity index is 572. The van der Waals surface area contributed by atoms with Gasteiger partial charge in [0.15, 0.2) is 6.10 Å². The number of fused-ring (bicyclic) bond motifs is 3. The number of carbonyl (C=O) groups excluding carboxylic acids is 1. The first kappa shape index (κ1) is 13.4. The second-order valence-electron chi connectivity index (χ2n) is 5.89. The number of carbonyl (C=O) groups is 1. The van der Waals surface area contributed by atoms with Gasteiger partial charge >= 0.3 is 5.97 Å². The molecule has 5 heteroatoms. The maximum absolute atomic E-state index is 12.0.